The summed E-state index contributed by atoms with van der Waals surface area (Å²) >= 11 is 5.66. The number of nitrogens with zero attached hydrogens (tertiary/aromatic N) is 1. The molecule has 0 amide bonds. The molecule has 0 radical (unpaired) electrons. The topological polar surface area (TPSA) is 41.6 Å². The van der Waals surface area contributed by atoms with Gasteiger partial charge in [-0.25, -0.2) is 0 Å². The van der Waals surface area contributed by atoms with Gasteiger partial charge in [0, 0.05) is 23.4 Å². The summed E-state index contributed by atoms with van der Waals surface area (Å²) in [6, 6.07) is 17.1. The number of thiocarbonyl (C=S) groups is 1. The van der Waals surface area contributed by atoms with Crippen LogP contribution < -0.4 is 10.1 Å². The summed E-state index contributed by atoms with van der Waals surface area (Å²) < 4.78 is 5.90. The van der Waals surface area contributed by atoms with Crippen LogP contribution in [0.2, 0.25) is 0 Å². The molecule has 0 spiro atoms. The molecule has 0 fully saturated rings. The first-order valence-corrected chi connectivity index (χ1v) is 11.1. The van der Waals surface area contributed by atoms with Gasteiger partial charge >= 0.3 is 0 Å². The zero-order chi connectivity index (χ0) is 21.5. The molecule has 158 valence electrons. The van der Waals surface area contributed by atoms with Crippen LogP contribution >= 0.6 is 12.2 Å². The number of Topliss-reactive ketones (excluding diaryl/α,β-unsaturated/α-hetero) is 1. The molecule has 0 bridgehead atoms. The Morgan fingerprint density at radius 2 is 1.87 bits per heavy atom. The number of nitrogens with one attached hydrogen (secondary N) is 1. The number of ether oxygens (including phenoxy) is 1. The van der Waals surface area contributed by atoms with Crippen molar-refractivity contribution in [1.82, 2.24) is 10.2 Å². The van der Waals surface area contributed by atoms with E-state index in [1.165, 1.54) is 0 Å². The lowest BCUT2D eigenvalue weighted by Crippen LogP contribution is -2.47. The standard InChI is InChI=1S/C25H30N2O2S/c1-4-6-16-29-21-14-10-13-20(17-21)23-22(24(28)19-11-8-7-9-12-19)18(3)27(15-5-2)25(30)26-23/h7-14,17,23H,4-6,15-16H2,1-3H3,(H,26,30). The fraction of sp³-hybridized carbons (Fsp3) is 0.360. The zero-order valence-electron chi connectivity index (χ0n) is 18.0. The van der Waals surface area contributed by atoms with Crippen molar-refractivity contribution in [1.29, 1.82) is 0 Å². The highest BCUT2D eigenvalue weighted by molar-refractivity contribution is 7.80. The highest BCUT2D eigenvalue weighted by Gasteiger charge is 2.34. The van der Waals surface area contributed by atoms with Crippen LogP contribution in [0.15, 0.2) is 65.9 Å². The third-order valence-corrected chi connectivity index (χ3v) is 5.62. The van der Waals surface area contributed by atoms with E-state index in [9.17, 15) is 4.79 Å². The maximum Gasteiger partial charge on any atom is 0.193 e. The van der Waals surface area contributed by atoms with Gasteiger partial charge in [0.25, 0.3) is 0 Å². The molecule has 4 nitrogen and oxygen atoms in total. The largest absolute Gasteiger partial charge is 0.494 e. The Bertz CT molecular complexity index is 924. The molecule has 0 saturated heterocycles. The van der Waals surface area contributed by atoms with E-state index in [-0.39, 0.29) is 11.8 Å². The minimum atomic E-state index is -0.312. The molecule has 1 atom stereocenters. The van der Waals surface area contributed by atoms with Crippen molar-refractivity contribution in [2.24, 2.45) is 0 Å². The lowest BCUT2D eigenvalue weighted by atomic mass is 9.89. The van der Waals surface area contributed by atoms with Crippen LogP contribution in [0.25, 0.3) is 0 Å². The highest BCUT2D eigenvalue weighted by Crippen LogP contribution is 2.34. The zero-order valence-corrected chi connectivity index (χ0v) is 18.8. The minimum Gasteiger partial charge on any atom is -0.494 e. The average molecular weight is 423 g/mol. The molecule has 1 unspecified atom stereocenters. The van der Waals surface area contributed by atoms with E-state index in [0.29, 0.717) is 17.3 Å². The van der Waals surface area contributed by atoms with Crippen molar-refractivity contribution >= 4 is 23.1 Å². The van der Waals surface area contributed by atoms with Crippen molar-refractivity contribution in [3.63, 3.8) is 0 Å². The molecule has 1 aliphatic rings. The first kappa shape index (κ1) is 22.0. The number of rotatable bonds is 9. The maximum atomic E-state index is 13.5. The SMILES string of the molecule is CCCCOc1cccc(C2NC(=S)N(CCC)C(C)=C2C(=O)c2ccccc2)c1. The van der Waals surface area contributed by atoms with Crippen molar-refractivity contribution < 1.29 is 9.53 Å². The summed E-state index contributed by atoms with van der Waals surface area (Å²) in [6.45, 7) is 7.71. The van der Waals surface area contributed by atoms with Crippen LogP contribution in [0.4, 0.5) is 0 Å². The van der Waals surface area contributed by atoms with Gasteiger partial charge in [0.05, 0.1) is 12.6 Å². The molecule has 0 aromatic heterocycles. The number of benzene rings is 2. The number of allylic oxidation sites excluding steroid dienone is 1. The first-order valence-electron chi connectivity index (χ1n) is 10.7. The smallest absolute Gasteiger partial charge is 0.193 e. The molecule has 30 heavy (non-hydrogen) atoms. The molecule has 3 rings (SSSR count). The second kappa shape index (κ2) is 10.4. The second-order valence-corrected chi connectivity index (χ2v) is 7.89. The fourth-order valence-corrected chi connectivity index (χ4v) is 4.03. The lowest BCUT2D eigenvalue weighted by Gasteiger charge is -2.38. The van der Waals surface area contributed by atoms with E-state index in [2.05, 4.69) is 19.2 Å². The Balaban J connectivity index is 2.02. The Hall–Kier alpha value is -2.66. The fourth-order valence-electron chi connectivity index (χ4n) is 3.68. The Morgan fingerprint density at radius 3 is 2.57 bits per heavy atom. The van der Waals surface area contributed by atoms with Gasteiger partial charge in [0.1, 0.15) is 5.75 Å². The van der Waals surface area contributed by atoms with Crippen LogP contribution in [0.1, 0.15) is 62.0 Å². The number of unbranched alkanes of at least 4 members (excludes halogenated alkanes) is 1. The number of ketones is 1. The van der Waals surface area contributed by atoms with Gasteiger partial charge in [-0.15, -0.1) is 0 Å². The summed E-state index contributed by atoms with van der Waals surface area (Å²) in [5.74, 6) is 0.834. The maximum absolute atomic E-state index is 13.5. The summed E-state index contributed by atoms with van der Waals surface area (Å²) in [7, 11) is 0. The van der Waals surface area contributed by atoms with Gasteiger partial charge in [-0.2, -0.15) is 0 Å². The van der Waals surface area contributed by atoms with Gasteiger partial charge < -0.3 is 15.0 Å². The number of hydrogen-bond acceptors (Lipinski definition) is 3. The molecule has 0 saturated carbocycles. The highest BCUT2D eigenvalue weighted by atomic mass is 32.1. The average Bonchev–Trinajstić information content (AvgIpc) is 2.77. The summed E-state index contributed by atoms with van der Waals surface area (Å²) in [5, 5.41) is 4.07. The quantitative estimate of drug-likeness (QED) is 0.321. The van der Waals surface area contributed by atoms with E-state index >= 15 is 0 Å². The first-order chi connectivity index (χ1) is 14.6. The summed E-state index contributed by atoms with van der Waals surface area (Å²) in [5.41, 5.74) is 3.30. The van der Waals surface area contributed by atoms with Crippen LogP contribution in [0.5, 0.6) is 5.75 Å². The van der Waals surface area contributed by atoms with E-state index in [0.717, 1.165) is 48.4 Å². The van der Waals surface area contributed by atoms with Crippen LogP contribution in [-0.2, 0) is 0 Å². The van der Waals surface area contributed by atoms with Crippen LogP contribution in [0, 0.1) is 0 Å². The predicted molar refractivity (Wildman–Crippen MR) is 126 cm³/mol. The third-order valence-electron chi connectivity index (χ3n) is 5.28. The van der Waals surface area contributed by atoms with Crippen LogP contribution in [-0.4, -0.2) is 28.9 Å². The normalized spacial score (nSPS) is 16.4. The second-order valence-electron chi connectivity index (χ2n) is 7.50. The van der Waals surface area contributed by atoms with Gasteiger partial charge in [-0.3, -0.25) is 4.79 Å². The molecular formula is C25H30N2O2S. The van der Waals surface area contributed by atoms with Crippen molar-refractivity contribution in [3.8, 4) is 5.75 Å². The number of carbonyl (C=O) groups excluding carboxylic acids is 1. The van der Waals surface area contributed by atoms with Gasteiger partial charge in [-0.05, 0) is 49.7 Å². The molecular weight excluding hydrogens is 392 g/mol. The number of hydrogen-bond donors (Lipinski definition) is 1. The Morgan fingerprint density at radius 1 is 1.10 bits per heavy atom. The molecule has 1 aliphatic heterocycles. The van der Waals surface area contributed by atoms with E-state index in [1.807, 2.05) is 66.4 Å². The van der Waals surface area contributed by atoms with Crippen LogP contribution in [0.3, 0.4) is 0 Å². The van der Waals surface area contributed by atoms with E-state index < -0.39 is 0 Å². The Kier molecular flexibility index (Phi) is 7.63. The van der Waals surface area contributed by atoms with Crippen molar-refractivity contribution in [2.45, 2.75) is 46.1 Å². The van der Waals surface area contributed by atoms with Crippen molar-refractivity contribution in [2.75, 3.05) is 13.2 Å². The molecule has 5 heteroatoms. The van der Waals surface area contributed by atoms with Crippen molar-refractivity contribution in [3.05, 3.63) is 77.0 Å². The summed E-state index contributed by atoms with van der Waals surface area (Å²) in [4.78, 5) is 15.6. The summed E-state index contributed by atoms with van der Waals surface area (Å²) in [6.07, 6.45) is 3.04. The molecule has 2 aromatic carbocycles. The monoisotopic (exact) mass is 422 g/mol. The predicted octanol–water partition coefficient (Wildman–Crippen LogP) is 5.66. The lowest BCUT2D eigenvalue weighted by molar-refractivity contribution is 0.102. The molecule has 1 N–H and O–H groups in total. The molecule has 0 aliphatic carbocycles. The van der Waals surface area contributed by atoms with Gasteiger partial charge in [0.2, 0.25) is 0 Å². The van der Waals surface area contributed by atoms with E-state index in [4.69, 9.17) is 17.0 Å². The Labute approximate surface area is 184 Å². The van der Waals surface area contributed by atoms with E-state index in [1.54, 1.807) is 0 Å². The minimum absolute atomic E-state index is 0.0199. The molecule has 1 heterocycles. The number of carbonyl (C=O) groups is 1. The molecule has 2 aromatic rings. The van der Waals surface area contributed by atoms with Gasteiger partial charge in [0.15, 0.2) is 10.9 Å². The third kappa shape index (κ3) is 4.90. The van der Waals surface area contributed by atoms with Gasteiger partial charge in [-0.1, -0.05) is 62.7 Å².